The number of amides is 8. The van der Waals surface area contributed by atoms with Gasteiger partial charge >= 0.3 is 0 Å². The number of aliphatic imine (C=N–C) groups is 1. The molecule has 26 nitrogen and oxygen atoms in total. The van der Waals surface area contributed by atoms with Gasteiger partial charge in [-0.3, -0.25) is 62.5 Å². The molecule has 1 rings (SSSR count). The van der Waals surface area contributed by atoms with Crippen LogP contribution in [0.15, 0.2) is 35.3 Å². The minimum atomic E-state index is -1.44. The Balaban J connectivity index is 3.29. The number of nitrogens with zero attached hydrogens (tertiary/aromatic N) is 1. The van der Waals surface area contributed by atoms with Crippen molar-refractivity contribution in [2.24, 2.45) is 75.1 Å². The molecule has 84 heavy (non-hydrogen) atoms. The monoisotopic (exact) mass is 1220 g/mol. The summed E-state index contributed by atoms with van der Waals surface area (Å²) in [6, 6.07) is 0.477. The minimum Gasteiger partial charge on any atom is -0.396 e. The third-order valence-corrected chi connectivity index (χ3v) is 15.7. The Hall–Kier alpha value is -6.49. The van der Waals surface area contributed by atoms with Gasteiger partial charge in [0.2, 0.25) is 47.3 Å². The van der Waals surface area contributed by atoms with E-state index in [1.165, 1.54) is 6.92 Å². The number of hydrogen-bond donors (Lipinski definition) is 15. The van der Waals surface area contributed by atoms with Crippen LogP contribution in [-0.4, -0.2) is 160 Å². The summed E-state index contributed by atoms with van der Waals surface area (Å²) in [5, 5.41) is 36.2. The van der Waals surface area contributed by atoms with Crippen LogP contribution >= 0.6 is 25.3 Å². The van der Waals surface area contributed by atoms with Crippen molar-refractivity contribution in [3.63, 3.8) is 0 Å². The minimum absolute atomic E-state index is 0.105. The first kappa shape index (κ1) is 75.5. The van der Waals surface area contributed by atoms with Crippen molar-refractivity contribution in [2.75, 3.05) is 31.3 Å². The molecule has 1 aromatic rings. The molecule has 28 heteroatoms. The summed E-state index contributed by atoms with van der Waals surface area (Å²) in [6.45, 7) is 10.00. The van der Waals surface area contributed by atoms with Gasteiger partial charge in [-0.2, -0.15) is 25.3 Å². The SMILES string of the molecule is CC[C@H](C)[C@H](CC(=O)[C@H](CCC(N)=O)NC(=O)[C@H](CO)CC(=O)[C@@H](NC(=O)[C@@H](N)Cc1ccccc1)[C@@H](C)CC)C(=O)N[C@H](C(=O)C[C@@H](CO)C(=O)N[C@@H](CS)C(=O)C[C@@H](C)C(=O)N[C@@H](CCN=C(N)N)C(=O)N[C@@H](CS)C(N)=O)[C@@H](C)CC. The van der Waals surface area contributed by atoms with Crippen molar-refractivity contribution in [1.82, 2.24) is 31.9 Å². The molecule has 14 atom stereocenters. The lowest BCUT2D eigenvalue weighted by Crippen LogP contribution is -2.54. The van der Waals surface area contributed by atoms with Crippen molar-refractivity contribution in [1.29, 1.82) is 0 Å². The van der Waals surface area contributed by atoms with E-state index in [1.807, 2.05) is 13.0 Å². The molecule has 0 unspecified atom stereocenters. The smallest absolute Gasteiger partial charge is 0.243 e. The van der Waals surface area contributed by atoms with Gasteiger partial charge in [0.15, 0.2) is 29.1 Å². The number of guanidine groups is 1. The van der Waals surface area contributed by atoms with Gasteiger partial charge in [-0.1, -0.05) is 98.1 Å². The topological polar surface area (TPSA) is 460 Å². The zero-order valence-corrected chi connectivity index (χ0v) is 51.1. The lowest BCUT2D eigenvalue weighted by molar-refractivity contribution is -0.138. The first-order valence-electron chi connectivity index (χ1n) is 28.3. The van der Waals surface area contributed by atoms with Crippen LogP contribution in [0.1, 0.15) is 118 Å². The number of rotatable bonds is 43. The molecule has 0 aliphatic rings. The second-order valence-corrected chi connectivity index (χ2v) is 22.2. The first-order valence-corrected chi connectivity index (χ1v) is 29.6. The number of aliphatic hydroxyl groups is 2. The molecule has 1 aromatic carbocycles. The van der Waals surface area contributed by atoms with E-state index in [4.69, 9.17) is 28.7 Å². The van der Waals surface area contributed by atoms with Crippen LogP contribution in [0.5, 0.6) is 0 Å². The molecule has 8 amide bonds. The molecule has 0 aromatic heterocycles. The van der Waals surface area contributed by atoms with Gasteiger partial charge < -0.3 is 70.8 Å². The van der Waals surface area contributed by atoms with Crippen molar-refractivity contribution in [3.05, 3.63) is 35.9 Å². The number of nitrogens with two attached hydrogens (primary N) is 5. The average Bonchev–Trinajstić information content (AvgIpc) is 3.64. The number of primary amides is 2. The number of nitrogens with one attached hydrogen (secondary N) is 6. The Morgan fingerprint density at radius 3 is 1.44 bits per heavy atom. The number of carbonyl (C=O) groups is 12. The van der Waals surface area contributed by atoms with E-state index < -0.39 is 193 Å². The lowest BCUT2D eigenvalue weighted by Gasteiger charge is -2.30. The molecule has 0 saturated carbocycles. The van der Waals surface area contributed by atoms with Gasteiger partial charge in [0.05, 0.1) is 55.3 Å². The Morgan fingerprint density at radius 1 is 0.524 bits per heavy atom. The summed E-state index contributed by atoms with van der Waals surface area (Å²) >= 11 is 8.22. The first-order chi connectivity index (χ1) is 39.5. The maximum atomic E-state index is 14.3. The molecule has 472 valence electrons. The normalized spacial score (nSPS) is 16.2. The highest BCUT2D eigenvalue weighted by Gasteiger charge is 2.38. The van der Waals surface area contributed by atoms with Crippen LogP contribution in [0, 0.1) is 41.4 Å². The zero-order chi connectivity index (χ0) is 64.0. The van der Waals surface area contributed by atoms with E-state index in [-0.39, 0.29) is 49.7 Å². The number of ketones is 4. The van der Waals surface area contributed by atoms with Crippen LogP contribution in [-0.2, 0) is 64.0 Å². The Kier molecular flexibility index (Phi) is 35.2. The van der Waals surface area contributed by atoms with E-state index in [1.54, 1.807) is 58.9 Å². The molecular weight excluding hydrogens is 1130 g/mol. The fourth-order valence-electron chi connectivity index (χ4n) is 8.78. The van der Waals surface area contributed by atoms with Crippen LogP contribution in [0.4, 0.5) is 0 Å². The lowest BCUT2D eigenvalue weighted by atomic mass is 9.83. The number of hydrogen-bond acceptors (Lipinski definition) is 18. The number of benzene rings is 1. The van der Waals surface area contributed by atoms with Gasteiger partial charge in [0.1, 0.15) is 12.1 Å². The van der Waals surface area contributed by atoms with Crippen molar-refractivity contribution < 1.29 is 67.7 Å². The maximum absolute atomic E-state index is 14.3. The largest absolute Gasteiger partial charge is 0.396 e. The second kappa shape index (κ2) is 39.2. The quantitative estimate of drug-likeness (QED) is 0.0195. The van der Waals surface area contributed by atoms with E-state index in [2.05, 4.69) is 62.2 Å². The highest BCUT2D eigenvalue weighted by Crippen LogP contribution is 2.24. The molecule has 0 aliphatic carbocycles. The Bertz CT molecular complexity index is 2420. The van der Waals surface area contributed by atoms with Crippen LogP contribution < -0.4 is 60.6 Å². The number of Topliss-reactive ketones (excluding diaryl/α,β-unsaturated/α-hetero) is 4. The maximum Gasteiger partial charge on any atom is 0.243 e. The molecule has 0 radical (unpaired) electrons. The molecule has 0 aliphatic heterocycles. The van der Waals surface area contributed by atoms with Crippen molar-refractivity contribution >= 4 is 102 Å². The summed E-state index contributed by atoms with van der Waals surface area (Å²) in [5.41, 5.74) is 28.6. The fraction of sp³-hybridized carbons (Fsp3) is 0.661. The summed E-state index contributed by atoms with van der Waals surface area (Å²) in [7, 11) is 0. The molecule has 0 fully saturated rings. The predicted molar refractivity (Wildman–Crippen MR) is 321 cm³/mol. The van der Waals surface area contributed by atoms with Crippen LogP contribution in [0.2, 0.25) is 0 Å². The summed E-state index contributed by atoms with van der Waals surface area (Å²) in [6.07, 6.45) is -1.60. The number of carbonyl (C=O) groups excluding carboxylic acids is 12. The fourth-order valence-corrected chi connectivity index (χ4v) is 9.34. The average molecular weight is 1220 g/mol. The third kappa shape index (κ3) is 26.2. The van der Waals surface area contributed by atoms with E-state index in [9.17, 15) is 67.7 Å². The van der Waals surface area contributed by atoms with E-state index in [0.717, 1.165) is 5.56 Å². The van der Waals surface area contributed by atoms with Crippen LogP contribution in [0.25, 0.3) is 0 Å². The Labute approximate surface area is 502 Å². The molecule has 18 N–H and O–H groups in total. The van der Waals surface area contributed by atoms with Crippen molar-refractivity contribution in [3.8, 4) is 0 Å². The molecule has 0 saturated heterocycles. The van der Waals surface area contributed by atoms with Gasteiger partial charge in [0, 0.05) is 62.0 Å². The standard InChI is InChI=1S/C56H92N12O14S2/c1-8-29(4)36(24-43(72)38(16-17-46(58)75)63-51(78)34(25-69)22-45(74)48(31(6)10-3)68-54(81)37(57)21-33-14-12-11-13-15-33)53(80)67-47(30(5)9-2)44(73)23-35(26-70)52(79)65-40(27-83)42(71)20-32(7)50(77)64-39(18-19-62-56(60)61)55(82)66-41(28-84)49(59)76/h11-15,29-32,34-41,47-48,69-70,83-84H,8-10,16-28,57H2,1-7H3,(H2,58,75)(H2,59,76)(H,63,78)(H,64,77)(H,65,79)(H,66,82)(H,67,80)(H,68,81)(H4,60,61,62)/t29-,30-,31-,32+,34-,35-,36-,37-,38-,39-,40-,41-,47-,48-/m0/s1. The van der Waals surface area contributed by atoms with Gasteiger partial charge in [-0.25, -0.2) is 0 Å². The highest BCUT2D eigenvalue weighted by atomic mass is 32.1. The number of thiol groups is 2. The van der Waals surface area contributed by atoms with Gasteiger partial charge in [-0.05, 0) is 42.6 Å². The molecule has 0 spiro atoms. The molecule has 0 heterocycles. The third-order valence-electron chi connectivity index (χ3n) is 14.9. The van der Waals surface area contributed by atoms with E-state index in [0.29, 0.717) is 19.3 Å². The zero-order valence-electron chi connectivity index (χ0n) is 49.3. The van der Waals surface area contributed by atoms with Gasteiger partial charge in [-0.15, -0.1) is 0 Å². The highest BCUT2D eigenvalue weighted by molar-refractivity contribution is 7.80. The molecular formula is C56H92N12O14S2. The Morgan fingerprint density at radius 2 is 0.988 bits per heavy atom. The predicted octanol–water partition coefficient (Wildman–Crippen LogP) is -1.82. The summed E-state index contributed by atoms with van der Waals surface area (Å²) in [5.74, 6) is -16.3. The number of aliphatic hydroxyl groups excluding tert-OH is 2. The van der Waals surface area contributed by atoms with Crippen LogP contribution in [0.3, 0.4) is 0 Å². The molecule has 0 bridgehead atoms. The summed E-state index contributed by atoms with van der Waals surface area (Å²) < 4.78 is 0. The second-order valence-electron chi connectivity index (χ2n) is 21.5. The van der Waals surface area contributed by atoms with Gasteiger partial charge in [0.25, 0.3) is 0 Å². The summed E-state index contributed by atoms with van der Waals surface area (Å²) in [4.78, 5) is 165. The van der Waals surface area contributed by atoms with Crippen molar-refractivity contribution in [2.45, 2.75) is 161 Å². The van der Waals surface area contributed by atoms with E-state index >= 15 is 0 Å².